The van der Waals surface area contributed by atoms with Gasteiger partial charge >= 0.3 is 11.2 Å². The van der Waals surface area contributed by atoms with Crippen LogP contribution in [-0.2, 0) is 0 Å². The quantitative estimate of drug-likeness (QED) is 0.550. The normalized spacial score (nSPS) is 12.0. The highest BCUT2D eigenvalue weighted by Gasteiger charge is 2.24. The van der Waals surface area contributed by atoms with Crippen LogP contribution in [-0.4, -0.2) is 20.9 Å². The summed E-state index contributed by atoms with van der Waals surface area (Å²) < 4.78 is 1.18. The first-order chi connectivity index (χ1) is 12.1. The molecule has 0 radical (unpaired) electrons. The van der Waals surface area contributed by atoms with Gasteiger partial charge in [-0.1, -0.05) is 43.3 Å². The van der Waals surface area contributed by atoms with Gasteiger partial charge < -0.3 is 5.32 Å². The van der Waals surface area contributed by atoms with Crippen LogP contribution >= 0.6 is 0 Å². The molecule has 0 spiro atoms. The Labute approximate surface area is 144 Å². The third kappa shape index (κ3) is 3.35. The molecule has 0 bridgehead atoms. The Balaban J connectivity index is 1.96. The Bertz CT molecular complexity index is 953. The summed E-state index contributed by atoms with van der Waals surface area (Å²) in [6.07, 6.45) is 2.33. The van der Waals surface area contributed by atoms with Crippen molar-refractivity contribution >= 4 is 17.2 Å². The highest BCUT2D eigenvalue weighted by atomic mass is 16.6. The lowest BCUT2D eigenvalue weighted by molar-refractivity contribution is -0.385. The zero-order valence-corrected chi connectivity index (χ0v) is 13.8. The Morgan fingerprint density at radius 2 is 1.92 bits per heavy atom. The summed E-state index contributed by atoms with van der Waals surface area (Å²) >= 11 is 0. The summed E-state index contributed by atoms with van der Waals surface area (Å²) in [5.41, 5.74) is 0.281. The van der Waals surface area contributed by atoms with E-state index in [1.807, 2.05) is 30.3 Å². The van der Waals surface area contributed by atoms with Crippen LogP contribution in [0.5, 0.6) is 0 Å². The van der Waals surface area contributed by atoms with Gasteiger partial charge in [-0.2, -0.15) is 0 Å². The second-order valence-corrected chi connectivity index (χ2v) is 5.70. The van der Waals surface area contributed by atoms with Crippen LogP contribution in [0.3, 0.4) is 0 Å². The molecule has 25 heavy (non-hydrogen) atoms. The maximum Gasteiger partial charge on any atom is 0.376 e. The third-order valence-electron chi connectivity index (χ3n) is 4.17. The van der Waals surface area contributed by atoms with Gasteiger partial charge in [0, 0.05) is 18.7 Å². The van der Waals surface area contributed by atoms with Crippen LogP contribution in [0.2, 0.25) is 0 Å². The van der Waals surface area contributed by atoms with Gasteiger partial charge in [0.15, 0.2) is 0 Å². The number of fused-ring (bicyclic) bond motifs is 1. The van der Waals surface area contributed by atoms with Crippen LogP contribution < -0.4 is 10.9 Å². The smallest absolute Gasteiger partial charge is 0.363 e. The predicted octanol–water partition coefficient (Wildman–Crippen LogP) is 3.21. The summed E-state index contributed by atoms with van der Waals surface area (Å²) in [5, 5.41) is 14.4. The van der Waals surface area contributed by atoms with Crippen molar-refractivity contribution in [3.05, 3.63) is 80.8 Å². The van der Waals surface area contributed by atoms with E-state index in [-0.39, 0.29) is 11.7 Å². The van der Waals surface area contributed by atoms with Gasteiger partial charge in [-0.25, -0.2) is 4.98 Å². The lowest BCUT2D eigenvalue weighted by atomic mass is 9.96. The summed E-state index contributed by atoms with van der Waals surface area (Å²) in [6.45, 7) is 2.51. The Hall–Kier alpha value is -3.22. The van der Waals surface area contributed by atoms with Gasteiger partial charge in [-0.15, -0.1) is 0 Å². The fourth-order valence-electron chi connectivity index (χ4n) is 2.81. The Morgan fingerprint density at radius 3 is 2.60 bits per heavy atom. The number of nitrogens with one attached hydrogen (secondary N) is 1. The SMILES string of the molecule is CCC(CNc1nc2ccccn2c(=O)c1[N+](=O)[O-])c1ccccc1. The van der Waals surface area contributed by atoms with E-state index in [4.69, 9.17) is 0 Å². The lowest BCUT2D eigenvalue weighted by Crippen LogP contribution is -2.22. The average molecular weight is 338 g/mol. The number of pyridine rings is 1. The number of hydrogen-bond acceptors (Lipinski definition) is 5. The first kappa shape index (κ1) is 16.6. The molecule has 1 aromatic carbocycles. The van der Waals surface area contributed by atoms with Gasteiger partial charge in [-0.05, 0) is 24.1 Å². The van der Waals surface area contributed by atoms with Gasteiger partial charge in [0.05, 0.1) is 4.92 Å². The van der Waals surface area contributed by atoms with Gasteiger partial charge in [-0.3, -0.25) is 19.3 Å². The van der Waals surface area contributed by atoms with E-state index in [9.17, 15) is 14.9 Å². The Kier molecular flexibility index (Phi) is 4.74. The summed E-state index contributed by atoms with van der Waals surface area (Å²) in [4.78, 5) is 27.4. The summed E-state index contributed by atoms with van der Waals surface area (Å²) in [6, 6.07) is 14.9. The van der Waals surface area contributed by atoms with E-state index < -0.39 is 16.2 Å². The molecule has 0 aliphatic heterocycles. The topological polar surface area (TPSA) is 89.5 Å². The number of benzene rings is 1. The van der Waals surface area contributed by atoms with Crippen LogP contribution in [0.25, 0.3) is 5.65 Å². The molecule has 7 heteroatoms. The molecule has 0 saturated heterocycles. The summed E-state index contributed by atoms with van der Waals surface area (Å²) in [7, 11) is 0. The molecule has 0 fully saturated rings. The molecular weight excluding hydrogens is 320 g/mol. The van der Waals surface area contributed by atoms with E-state index in [0.717, 1.165) is 12.0 Å². The molecular formula is C18H18N4O3. The fraction of sp³-hybridized carbons (Fsp3) is 0.222. The van der Waals surface area contributed by atoms with Crippen molar-refractivity contribution in [1.82, 2.24) is 9.38 Å². The van der Waals surface area contributed by atoms with E-state index >= 15 is 0 Å². The number of nitrogens with zero attached hydrogens (tertiary/aromatic N) is 3. The van der Waals surface area contributed by atoms with Crippen molar-refractivity contribution in [2.24, 2.45) is 0 Å². The van der Waals surface area contributed by atoms with Crippen molar-refractivity contribution in [1.29, 1.82) is 0 Å². The maximum atomic E-state index is 12.4. The zero-order chi connectivity index (χ0) is 17.8. The van der Waals surface area contributed by atoms with Crippen molar-refractivity contribution in [2.75, 3.05) is 11.9 Å². The van der Waals surface area contributed by atoms with Crippen molar-refractivity contribution in [3.8, 4) is 0 Å². The molecule has 0 aliphatic carbocycles. The summed E-state index contributed by atoms with van der Waals surface area (Å²) in [5.74, 6) is 0.174. The monoisotopic (exact) mass is 338 g/mol. The molecule has 0 aliphatic rings. The van der Waals surface area contributed by atoms with Crippen LogP contribution in [0, 0.1) is 10.1 Å². The van der Waals surface area contributed by atoms with E-state index in [0.29, 0.717) is 12.2 Å². The van der Waals surface area contributed by atoms with E-state index in [1.54, 1.807) is 18.2 Å². The van der Waals surface area contributed by atoms with E-state index in [1.165, 1.54) is 10.6 Å². The van der Waals surface area contributed by atoms with Crippen molar-refractivity contribution in [3.63, 3.8) is 0 Å². The third-order valence-corrected chi connectivity index (χ3v) is 4.17. The molecule has 3 rings (SSSR count). The minimum Gasteiger partial charge on any atom is -0.363 e. The highest BCUT2D eigenvalue weighted by Crippen LogP contribution is 2.23. The molecule has 0 saturated carbocycles. The highest BCUT2D eigenvalue weighted by molar-refractivity contribution is 5.59. The fourth-order valence-corrected chi connectivity index (χ4v) is 2.81. The Morgan fingerprint density at radius 1 is 1.20 bits per heavy atom. The number of hydrogen-bond donors (Lipinski definition) is 1. The molecule has 1 unspecified atom stereocenters. The second-order valence-electron chi connectivity index (χ2n) is 5.70. The molecule has 2 heterocycles. The zero-order valence-electron chi connectivity index (χ0n) is 13.8. The van der Waals surface area contributed by atoms with E-state index in [2.05, 4.69) is 17.2 Å². The average Bonchev–Trinajstić information content (AvgIpc) is 2.63. The number of aromatic nitrogens is 2. The molecule has 3 aromatic rings. The second kappa shape index (κ2) is 7.12. The van der Waals surface area contributed by atoms with Gasteiger partial charge in [0.25, 0.3) is 0 Å². The number of rotatable bonds is 6. The molecule has 0 amide bonds. The largest absolute Gasteiger partial charge is 0.376 e. The lowest BCUT2D eigenvalue weighted by Gasteiger charge is -2.16. The molecule has 1 atom stereocenters. The number of anilines is 1. The first-order valence-corrected chi connectivity index (χ1v) is 8.06. The minimum atomic E-state index is -0.689. The molecule has 7 nitrogen and oxygen atoms in total. The van der Waals surface area contributed by atoms with Crippen LogP contribution in [0.1, 0.15) is 24.8 Å². The standard InChI is InChI=1S/C18H18N4O3/c1-2-13(14-8-4-3-5-9-14)12-19-17-16(22(24)25)18(23)21-11-7-6-10-15(21)20-17/h3-11,13,19H,2,12H2,1H3. The molecule has 128 valence electrons. The first-order valence-electron chi connectivity index (χ1n) is 8.06. The van der Waals surface area contributed by atoms with Gasteiger partial charge in [0.2, 0.25) is 5.82 Å². The van der Waals surface area contributed by atoms with Crippen molar-refractivity contribution in [2.45, 2.75) is 19.3 Å². The van der Waals surface area contributed by atoms with Crippen LogP contribution in [0.15, 0.2) is 59.5 Å². The van der Waals surface area contributed by atoms with Gasteiger partial charge in [0.1, 0.15) is 5.65 Å². The minimum absolute atomic E-state index is 0.00980. The molecule has 2 aromatic heterocycles. The maximum absolute atomic E-state index is 12.4. The van der Waals surface area contributed by atoms with Crippen LogP contribution in [0.4, 0.5) is 11.5 Å². The number of nitro groups is 1. The van der Waals surface area contributed by atoms with Crippen molar-refractivity contribution < 1.29 is 4.92 Å². The predicted molar refractivity (Wildman–Crippen MR) is 96.1 cm³/mol. The molecule has 1 N–H and O–H groups in total.